The maximum Gasteiger partial charge on any atom is 0.217 e. The van der Waals surface area contributed by atoms with E-state index in [1.54, 1.807) is 0 Å². The largest absolute Gasteiger partial charge is 0.396 e. The fourth-order valence-corrected chi connectivity index (χ4v) is 4.92. The van der Waals surface area contributed by atoms with E-state index in [0.717, 1.165) is 0 Å². The molecule has 39 heavy (non-hydrogen) atoms. The van der Waals surface area contributed by atoms with Gasteiger partial charge >= 0.3 is 0 Å². The smallest absolute Gasteiger partial charge is 0.217 e. The molecule has 1 amide bonds. The van der Waals surface area contributed by atoms with Gasteiger partial charge in [-0.1, -0.05) is 0 Å². The van der Waals surface area contributed by atoms with E-state index in [0.29, 0.717) is 0 Å². The molecule has 0 aromatic carbocycles. The Kier molecular flexibility index (Phi) is 12.1. The van der Waals surface area contributed by atoms with Gasteiger partial charge in [0, 0.05) is 13.5 Å². The molecule has 15 atom stereocenters. The van der Waals surface area contributed by atoms with Gasteiger partial charge in [-0.25, -0.2) is 0 Å². The van der Waals surface area contributed by atoms with Crippen LogP contribution in [-0.2, 0) is 32.7 Å². The van der Waals surface area contributed by atoms with Crippen LogP contribution in [0.3, 0.4) is 0 Å². The lowest BCUT2D eigenvalue weighted by molar-refractivity contribution is -0.373. The molecule has 0 spiro atoms. The summed E-state index contributed by atoms with van der Waals surface area (Å²) in [5.74, 6) is -0.563. The molecule has 6 unspecified atom stereocenters. The molecule has 3 rings (SSSR count). The van der Waals surface area contributed by atoms with E-state index in [1.165, 1.54) is 6.92 Å². The Hall–Kier alpha value is -0.780. The van der Waals surface area contributed by atoms with Gasteiger partial charge < -0.3 is 75.0 Å². The Morgan fingerprint density at radius 1 is 0.718 bits per heavy atom. The van der Waals surface area contributed by atoms with Gasteiger partial charge in [0.15, 0.2) is 18.9 Å². The lowest BCUT2D eigenvalue weighted by Gasteiger charge is -2.48. The summed E-state index contributed by atoms with van der Waals surface area (Å²) in [5.41, 5.74) is 0. The molecule has 17 nitrogen and oxygen atoms in total. The number of ether oxygens (including phenoxy) is 5. The van der Waals surface area contributed by atoms with E-state index in [2.05, 4.69) is 18.2 Å². The standard InChI is InChI=1S/C21H37NO16S/c1-6(26)22-10-13(29)17(9(5-25)35-19(10)38-39)36-21-16(32)18(12(28)7(33-21)2-3-23)37-20-15(31)14(30)11(27)8(4-24)34-20/h7-21,23-25,27-32,39H,2-5H2,1H3,(H,22,26)/t7?,8?,9?,10?,11-,12-,13+,14?,15-,16?,17+,18-,19-,20+,21-/m0/s1. The quantitative estimate of drug-likeness (QED) is 0.0833. The molecule has 0 aromatic rings. The molecule has 3 aliphatic heterocycles. The highest BCUT2D eigenvalue weighted by Gasteiger charge is 2.54. The average Bonchev–Trinajstić information content (AvgIpc) is 2.91. The molecule has 0 saturated carbocycles. The van der Waals surface area contributed by atoms with Crippen molar-refractivity contribution in [3.63, 3.8) is 0 Å². The number of nitrogens with one attached hydrogen (secondary N) is 1. The van der Waals surface area contributed by atoms with Crippen molar-refractivity contribution in [2.75, 3.05) is 19.8 Å². The van der Waals surface area contributed by atoms with Crippen LogP contribution in [0.2, 0.25) is 0 Å². The summed E-state index contributed by atoms with van der Waals surface area (Å²) >= 11 is 3.67. The monoisotopic (exact) mass is 591 g/mol. The Labute approximate surface area is 228 Å². The lowest BCUT2D eigenvalue weighted by Crippen LogP contribution is -2.68. The second kappa shape index (κ2) is 14.4. The van der Waals surface area contributed by atoms with Gasteiger partial charge in [0.05, 0.1) is 19.3 Å². The van der Waals surface area contributed by atoms with Crippen molar-refractivity contribution in [1.29, 1.82) is 0 Å². The van der Waals surface area contributed by atoms with E-state index < -0.39 is 118 Å². The summed E-state index contributed by atoms with van der Waals surface area (Å²) < 4.78 is 32.6. The van der Waals surface area contributed by atoms with E-state index in [9.17, 15) is 50.8 Å². The predicted molar refractivity (Wildman–Crippen MR) is 125 cm³/mol. The molecule has 0 bridgehead atoms. The zero-order valence-electron chi connectivity index (χ0n) is 20.8. The molecule has 10 N–H and O–H groups in total. The van der Waals surface area contributed by atoms with Gasteiger partial charge in [-0.05, 0) is 19.3 Å². The number of carbonyl (C=O) groups is 1. The van der Waals surface area contributed by atoms with E-state index >= 15 is 0 Å². The average molecular weight is 592 g/mol. The van der Waals surface area contributed by atoms with Crippen LogP contribution in [0.25, 0.3) is 0 Å². The third kappa shape index (κ3) is 7.17. The Morgan fingerprint density at radius 3 is 1.85 bits per heavy atom. The molecular formula is C21H37NO16S. The maximum atomic E-state index is 11.7. The van der Waals surface area contributed by atoms with Gasteiger partial charge in [0.1, 0.15) is 67.1 Å². The molecule has 3 heterocycles. The highest BCUT2D eigenvalue weighted by atomic mass is 32.1. The van der Waals surface area contributed by atoms with Gasteiger partial charge in [0.25, 0.3) is 0 Å². The summed E-state index contributed by atoms with van der Waals surface area (Å²) in [5, 5.41) is 94.3. The lowest BCUT2D eigenvalue weighted by atomic mass is 9.94. The number of aliphatic hydroxyl groups is 9. The molecular weight excluding hydrogens is 554 g/mol. The molecule has 3 aliphatic rings. The van der Waals surface area contributed by atoms with Gasteiger partial charge in [-0.3, -0.25) is 8.98 Å². The van der Waals surface area contributed by atoms with Crippen LogP contribution < -0.4 is 5.32 Å². The SMILES string of the molecule is CC(=O)NC1[C@H](OS)OC(CO)[C@@H](O[C@@H]2OC(CCO)[C@H](O)[C@H](O[C@H]3OC(CO)[C@H](O)C(O)[C@@H]3O)C2O)[C@@H]1O. The number of hydrogen-bond donors (Lipinski definition) is 11. The van der Waals surface area contributed by atoms with Crippen molar-refractivity contribution < 1.29 is 78.6 Å². The second-order valence-corrected chi connectivity index (χ2v) is 9.69. The first-order valence-corrected chi connectivity index (χ1v) is 12.6. The topological polar surface area (TPSA) is 267 Å². The first-order valence-electron chi connectivity index (χ1n) is 12.2. The Balaban J connectivity index is 1.83. The summed E-state index contributed by atoms with van der Waals surface area (Å²) in [6, 6.07) is -1.23. The number of carbonyl (C=O) groups excluding carboxylic acids is 1. The minimum atomic E-state index is -1.87. The highest BCUT2D eigenvalue weighted by Crippen LogP contribution is 2.33. The summed E-state index contributed by atoms with van der Waals surface area (Å²) in [6.45, 7) is -0.765. The third-order valence-corrected chi connectivity index (χ3v) is 7.02. The van der Waals surface area contributed by atoms with Gasteiger partial charge in [-0.15, -0.1) is 0 Å². The number of amides is 1. The highest BCUT2D eigenvalue weighted by molar-refractivity contribution is 7.75. The second-order valence-electron chi connectivity index (χ2n) is 9.48. The zero-order chi connectivity index (χ0) is 29.0. The maximum absolute atomic E-state index is 11.7. The molecule has 0 aromatic heterocycles. The fraction of sp³-hybridized carbons (Fsp3) is 0.952. The molecule has 18 heteroatoms. The first-order chi connectivity index (χ1) is 18.5. The number of aliphatic hydroxyl groups excluding tert-OH is 9. The molecule has 0 radical (unpaired) electrons. The molecule has 3 saturated heterocycles. The molecule has 228 valence electrons. The zero-order valence-corrected chi connectivity index (χ0v) is 21.7. The minimum Gasteiger partial charge on any atom is -0.396 e. The van der Waals surface area contributed by atoms with Crippen LogP contribution in [0.5, 0.6) is 0 Å². The van der Waals surface area contributed by atoms with Crippen LogP contribution in [0.1, 0.15) is 13.3 Å². The van der Waals surface area contributed by atoms with Crippen LogP contribution in [0.15, 0.2) is 0 Å². The van der Waals surface area contributed by atoms with Crippen molar-refractivity contribution >= 4 is 18.8 Å². The van der Waals surface area contributed by atoms with Crippen LogP contribution >= 0.6 is 12.9 Å². The Bertz CT molecular complexity index is 782. The first kappa shape index (κ1) is 32.7. The van der Waals surface area contributed by atoms with Crippen molar-refractivity contribution in [2.45, 2.75) is 105 Å². The van der Waals surface area contributed by atoms with Crippen molar-refractivity contribution in [1.82, 2.24) is 5.32 Å². The summed E-state index contributed by atoms with van der Waals surface area (Å²) in [4.78, 5) is 11.7. The summed E-state index contributed by atoms with van der Waals surface area (Å²) in [7, 11) is 0. The third-order valence-electron chi connectivity index (χ3n) is 6.81. The van der Waals surface area contributed by atoms with E-state index in [4.69, 9.17) is 27.9 Å². The minimum absolute atomic E-state index is 0.181. The van der Waals surface area contributed by atoms with E-state index in [1.807, 2.05) is 0 Å². The molecule has 3 fully saturated rings. The fourth-order valence-electron chi connectivity index (χ4n) is 4.74. The van der Waals surface area contributed by atoms with Crippen molar-refractivity contribution in [3.8, 4) is 0 Å². The Morgan fingerprint density at radius 2 is 1.28 bits per heavy atom. The summed E-state index contributed by atoms with van der Waals surface area (Å²) in [6.07, 6.45) is -22.3. The number of hydrogen-bond acceptors (Lipinski definition) is 17. The van der Waals surface area contributed by atoms with Crippen molar-refractivity contribution in [2.24, 2.45) is 0 Å². The molecule has 0 aliphatic carbocycles. The van der Waals surface area contributed by atoms with Crippen LogP contribution in [0.4, 0.5) is 0 Å². The van der Waals surface area contributed by atoms with Crippen LogP contribution in [0, 0.1) is 0 Å². The number of rotatable bonds is 10. The van der Waals surface area contributed by atoms with Gasteiger partial charge in [0.2, 0.25) is 5.91 Å². The predicted octanol–water partition coefficient (Wildman–Crippen LogP) is -6.17. The van der Waals surface area contributed by atoms with Gasteiger partial charge in [-0.2, -0.15) is 0 Å². The number of thiol groups is 1. The van der Waals surface area contributed by atoms with Crippen LogP contribution in [-0.4, -0.2) is 164 Å². The van der Waals surface area contributed by atoms with Crippen molar-refractivity contribution in [3.05, 3.63) is 0 Å². The normalized spacial score (nSPS) is 47.1. The van der Waals surface area contributed by atoms with E-state index in [-0.39, 0.29) is 6.42 Å².